The normalized spacial score (nSPS) is 29.5. The fraction of sp³-hybridized carbons (Fsp3) is 0.840. The van der Waals surface area contributed by atoms with E-state index in [0.29, 0.717) is 11.1 Å². The third-order valence-electron chi connectivity index (χ3n) is 8.65. The van der Waals surface area contributed by atoms with E-state index in [-0.39, 0.29) is 12.4 Å². The molecule has 35 heavy (non-hydrogen) atoms. The molecule has 3 aliphatic rings. The molecule has 4 atom stereocenters. The molecule has 0 amide bonds. The number of nitrogens with two attached hydrogens (primary N) is 1. The van der Waals surface area contributed by atoms with Gasteiger partial charge in [-0.3, -0.25) is 4.57 Å². The maximum Gasteiger partial charge on any atom is 0.351 e. The van der Waals surface area contributed by atoms with Crippen LogP contribution in [-0.4, -0.2) is 56.2 Å². The van der Waals surface area contributed by atoms with Crippen molar-refractivity contribution >= 4 is 22.5 Å². The Kier molecular flexibility index (Phi) is 8.60. The van der Waals surface area contributed by atoms with Gasteiger partial charge in [-0.15, -0.1) is 0 Å². The Morgan fingerprint density at radius 3 is 1.97 bits per heavy atom. The van der Waals surface area contributed by atoms with Crippen LogP contribution in [0.1, 0.15) is 70.4 Å². The summed E-state index contributed by atoms with van der Waals surface area (Å²) in [5, 5.41) is 10.3. The zero-order chi connectivity index (χ0) is 25.2. The summed E-state index contributed by atoms with van der Waals surface area (Å²) >= 11 is 0. The van der Waals surface area contributed by atoms with Crippen molar-refractivity contribution in [1.82, 2.24) is 9.55 Å². The first-order chi connectivity index (χ1) is 16.6. The van der Waals surface area contributed by atoms with Crippen molar-refractivity contribution in [3.8, 4) is 0 Å². The van der Waals surface area contributed by atoms with Crippen molar-refractivity contribution < 1.29 is 18.7 Å². The van der Waals surface area contributed by atoms with Crippen LogP contribution in [0.15, 0.2) is 17.1 Å². The van der Waals surface area contributed by atoms with Crippen molar-refractivity contribution in [2.75, 3.05) is 12.3 Å². The van der Waals surface area contributed by atoms with Crippen LogP contribution >= 0.6 is 0 Å². The first kappa shape index (κ1) is 27.0. The first-order valence-corrected chi connectivity index (χ1v) is 19.6. The van der Waals surface area contributed by atoms with Crippen molar-refractivity contribution in [1.29, 1.82) is 0 Å². The van der Waals surface area contributed by atoms with E-state index in [4.69, 9.17) is 19.3 Å². The Bertz CT molecular complexity index is 899. The Balaban J connectivity index is 1.66. The minimum atomic E-state index is -2.16. The Morgan fingerprint density at radius 1 is 0.971 bits per heavy atom. The fourth-order valence-corrected chi connectivity index (χ4v) is 12.4. The highest BCUT2D eigenvalue weighted by molar-refractivity contribution is 6.73. The van der Waals surface area contributed by atoms with Gasteiger partial charge in [0.15, 0.2) is 22.9 Å². The Labute approximate surface area is 211 Å². The highest BCUT2D eigenvalue weighted by atomic mass is 28.4. The molecule has 0 radical (unpaired) electrons. The maximum atomic E-state index is 12.8. The average Bonchev–Trinajstić information content (AvgIpc) is 3.16. The number of rotatable bonds is 8. The minimum Gasteiger partial charge on any atom is -0.409 e. The number of aliphatic hydroxyl groups is 1. The molecule has 8 nitrogen and oxygen atoms in total. The van der Waals surface area contributed by atoms with E-state index in [2.05, 4.69) is 31.2 Å². The minimum absolute atomic E-state index is 0.177. The predicted octanol–water partition coefficient (Wildman–Crippen LogP) is 4.56. The zero-order valence-electron chi connectivity index (χ0n) is 21.9. The summed E-state index contributed by atoms with van der Waals surface area (Å²) in [6, 6.07) is 1.61. The number of anilines is 1. The van der Waals surface area contributed by atoms with Crippen molar-refractivity contribution in [2.45, 2.75) is 126 Å². The molecule has 2 aliphatic carbocycles. The first-order valence-electron chi connectivity index (χ1n) is 13.6. The van der Waals surface area contributed by atoms with Crippen molar-refractivity contribution in [3.63, 3.8) is 0 Å². The summed E-state index contributed by atoms with van der Waals surface area (Å²) in [4.78, 5) is 16.8. The molecule has 4 unspecified atom stereocenters. The largest absolute Gasteiger partial charge is 0.409 e. The molecule has 2 saturated carbocycles. The Morgan fingerprint density at radius 2 is 1.49 bits per heavy atom. The summed E-state index contributed by atoms with van der Waals surface area (Å²) < 4.78 is 21.8. The van der Waals surface area contributed by atoms with E-state index in [1.807, 2.05) is 0 Å². The zero-order valence-corrected chi connectivity index (χ0v) is 23.9. The summed E-state index contributed by atoms with van der Waals surface area (Å²) in [6.45, 7) is 8.98. The standard InChI is InChI=1S/C25H45N3O5Si2/c1-34(2,18-11-7-5-8-12-18)32-22-20(17-29)31-24(28-16-15-21(26)27-25(28)30)23(22)33-35(3,4)19-13-9-6-10-14-19/h15-16,18-20,22-24,29H,5-14,17H2,1-4H3,(H2,26,27,30). The van der Waals surface area contributed by atoms with Crippen LogP contribution in [0.4, 0.5) is 5.82 Å². The molecule has 2 heterocycles. The van der Waals surface area contributed by atoms with Crippen LogP contribution in [0.2, 0.25) is 37.3 Å². The van der Waals surface area contributed by atoms with Gasteiger partial charge in [0.05, 0.1) is 6.61 Å². The molecule has 4 rings (SSSR count). The number of aromatic nitrogens is 2. The van der Waals surface area contributed by atoms with Gasteiger partial charge in [0, 0.05) is 6.20 Å². The lowest BCUT2D eigenvalue weighted by molar-refractivity contribution is -0.0527. The van der Waals surface area contributed by atoms with Gasteiger partial charge in [-0.05, 0) is 43.3 Å². The smallest absolute Gasteiger partial charge is 0.351 e. The molecule has 1 saturated heterocycles. The summed E-state index contributed by atoms with van der Waals surface area (Å²) in [6.07, 6.45) is 11.9. The van der Waals surface area contributed by atoms with E-state index >= 15 is 0 Å². The lowest BCUT2D eigenvalue weighted by Crippen LogP contribution is -2.52. The lowest BCUT2D eigenvalue weighted by Gasteiger charge is -2.42. The van der Waals surface area contributed by atoms with Crippen LogP contribution in [-0.2, 0) is 13.6 Å². The molecule has 0 aromatic carbocycles. The van der Waals surface area contributed by atoms with Gasteiger partial charge in [-0.2, -0.15) is 4.98 Å². The molecule has 3 N–H and O–H groups in total. The van der Waals surface area contributed by atoms with E-state index in [1.165, 1.54) is 68.8 Å². The van der Waals surface area contributed by atoms with E-state index in [9.17, 15) is 9.90 Å². The van der Waals surface area contributed by atoms with Crippen LogP contribution in [0.5, 0.6) is 0 Å². The third kappa shape index (κ3) is 6.10. The number of ether oxygens (including phenoxy) is 1. The summed E-state index contributed by atoms with van der Waals surface area (Å²) in [5.74, 6) is 0.177. The highest BCUT2D eigenvalue weighted by Crippen LogP contribution is 2.45. The number of hydrogen-bond donors (Lipinski definition) is 2. The molecule has 1 aromatic rings. The molecule has 1 aromatic heterocycles. The molecular formula is C25H45N3O5Si2. The number of aliphatic hydroxyl groups excluding tert-OH is 1. The lowest BCUT2D eigenvalue weighted by atomic mass is 10.0. The van der Waals surface area contributed by atoms with Crippen LogP contribution in [0.3, 0.4) is 0 Å². The average molecular weight is 524 g/mol. The third-order valence-corrected chi connectivity index (χ3v) is 15.5. The second-order valence-corrected chi connectivity index (χ2v) is 20.3. The predicted molar refractivity (Wildman–Crippen MR) is 142 cm³/mol. The van der Waals surface area contributed by atoms with Gasteiger partial charge >= 0.3 is 5.69 Å². The van der Waals surface area contributed by atoms with Gasteiger partial charge in [-0.1, -0.05) is 64.2 Å². The van der Waals surface area contributed by atoms with E-state index in [0.717, 1.165) is 0 Å². The molecule has 0 bridgehead atoms. The van der Waals surface area contributed by atoms with Crippen LogP contribution in [0, 0.1) is 0 Å². The second-order valence-electron chi connectivity index (χ2n) is 11.8. The molecule has 1 aliphatic heterocycles. The summed E-state index contributed by atoms with van der Waals surface area (Å²) in [7, 11) is -4.27. The van der Waals surface area contributed by atoms with Gasteiger partial charge < -0.3 is 24.4 Å². The Hall–Kier alpha value is -1.05. The summed E-state index contributed by atoms with van der Waals surface area (Å²) in [5.41, 5.74) is 6.44. The van der Waals surface area contributed by atoms with Crippen LogP contribution in [0.25, 0.3) is 0 Å². The van der Waals surface area contributed by atoms with Gasteiger partial charge in [0.1, 0.15) is 24.1 Å². The second kappa shape index (κ2) is 11.1. The molecular weight excluding hydrogens is 478 g/mol. The van der Waals surface area contributed by atoms with E-state index < -0.39 is 46.9 Å². The number of nitrogen functional groups attached to an aromatic ring is 1. The SMILES string of the molecule is C[Si](C)(OC1C(CO)OC(n2ccc(N)nc2=O)C1O[Si](C)(C)C1CCCCC1)C1CCCCC1. The van der Waals surface area contributed by atoms with Crippen molar-refractivity contribution in [2.24, 2.45) is 0 Å². The number of nitrogens with zero attached hydrogens (tertiary/aromatic N) is 2. The fourth-order valence-electron chi connectivity index (χ4n) is 6.46. The van der Waals surface area contributed by atoms with Gasteiger partial charge in [-0.25, -0.2) is 4.79 Å². The monoisotopic (exact) mass is 523 g/mol. The molecule has 3 fully saturated rings. The quantitative estimate of drug-likeness (QED) is 0.481. The van der Waals surface area contributed by atoms with Crippen LogP contribution < -0.4 is 11.4 Å². The number of hydrogen-bond acceptors (Lipinski definition) is 7. The van der Waals surface area contributed by atoms with Gasteiger partial charge in [0.25, 0.3) is 0 Å². The molecule has 198 valence electrons. The van der Waals surface area contributed by atoms with Crippen molar-refractivity contribution in [3.05, 3.63) is 22.7 Å². The topological polar surface area (TPSA) is 109 Å². The van der Waals surface area contributed by atoms with E-state index in [1.54, 1.807) is 12.3 Å². The van der Waals surface area contributed by atoms with Gasteiger partial charge in [0.2, 0.25) is 0 Å². The molecule has 10 heteroatoms. The molecule has 0 spiro atoms. The maximum absolute atomic E-state index is 12.8. The highest BCUT2D eigenvalue weighted by Gasteiger charge is 2.53.